The fourth-order valence-electron chi connectivity index (χ4n) is 2.92. The van der Waals surface area contributed by atoms with Gasteiger partial charge in [0, 0.05) is 13.6 Å². The molecule has 0 atom stereocenters. The van der Waals surface area contributed by atoms with Crippen molar-refractivity contribution in [3.8, 4) is 0 Å². The van der Waals surface area contributed by atoms with Gasteiger partial charge in [0.05, 0.1) is 16.7 Å². The van der Waals surface area contributed by atoms with Gasteiger partial charge in [-0.3, -0.25) is 4.40 Å². The molecule has 0 spiro atoms. The van der Waals surface area contributed by atoms with Gasteiger partial charge in [-0.2, -0.15) is 0 Å². The molecule has 122 valence electrons. The molecule has 0 bridgehead atoms. The molecule has 2 heterocycles. The maximum Gasteiger partial charge on any atom is 0.182 e. The SMILES string of the molecule is CCN(C)c1nc2c(N)nc3ccccc3n2c1CC(C)(C)C. The zero-order valence-corrected chi connectivity index (χ0v) is 14.6. The Bertz CT molecular complexity index is 857. The Labute approximate surface area is 137 Å². The van der Waals surface area contributed by atoms with Gasteiger partial charge in [-0.1, -0.05) is 32.9 Å². The monoisotopic (exact) mass is 311 g/mol. The summed E-state index contributed by atoms with van der Waals surface area (Å²) in [7, 11) is 2.07. The smallest absolute Gasteiger partial charge is 0.182 e. The number of aromatic nitrogens is 3. The third kappa shape index (κ3) is 2.71. The van der Waals surface area contributed by atoms with Gasteiger partial charge in [0.15, 0.2) is 17.3 Å². The van der Waals surface area contributed by atoms with Crippen LogP contribution in [0.4, 0.5) is 11.6 Å². The third-order valence-corrected chi connectivity index (χ3v) is 4.08. The Kier molecular flexibility index (Phi) is 3.66. The van der Waals surface area contributed by atoms with E-state index in [2.05, 4.69) is 55.1 Å². The number of imidazole rings is 1. The summed E-state index contributed by atoms with van der Waals surface area (Å²) in [6, 6.07) is 8.09. The van der Waals surface area contributed by atoms with E-state index in [0.29, 0.717) is 5.82 Å². The van der Waals surface area contributed by atoms with Crippen LogP contribution < -0.4 is 10.6 Å². The summed E-state index contributed by atoms with van der Waals surface area (Å²) in [4.78, 5) is 11.5. The minimum atomic E-state index is 0.151. The van der Waals surface area contributed by atoms with Crippen molar-refractivity contribution >= 4 is 28.3 Å². The van der Waals surface area contributed by atoms with Crippen LogP contribution in [0.3, 0.4) is 0 Å². The molecule has 0 saturated heterocycles. The quantitative estimate of drug-likeness (QED) is 0.804. The van der Waals surface area contributed by atoms with Crippen molar-refractivity contribution in [2.75, 3.05) is 24.2 Å². The predicted octanol–water partition coefficient (Wildman–Crippen LogP) is 3.51. The Balaban J connectivity index is 2.42. The summed E-state index contributed by atoms with van der Waals surface area (Å²) in [6.45, 7) is 9.76. The van der Waals surface area contributed by atoms with Crippen molar-refractivity contribution in [3.63, 3.8) is 0 Å². The van der Waals surface area contributed by atoms with Crippen LogP contribution in [0.25, 0.3) is 16.7 Å². The Hall–Kier alpha value is -2.30. The first-order chi connectivity index (χ1) is 10.8. The first-order valence-corrected chi connectivity index (χ1v) is 8.08. The topological polar surface area (TPSA) is 59.5 Å². The molecule has 1 aromatic carbocycles. The van der Waals surface area contributed by atoms with Gasteiger partial charge in [0.2, 0.25) is 0 Å². The molecule has 2 N–H and O–H groups in total. The fraction of sp³-hybridized carbons (Fsp3) is 0.444. The van der Waals surface area contributed by atoms with Gasteiger partial charge in [-0.05, 0) is 30.9 Å². The van der Waals surface area contributed by atoms with Crippen LogP contribution in [0.2, 0.25) is 0 Å². The molecule has 0 fully saturated rings. The second-order valence-electron chi connectivity index (χ2n) is 7.28. The summed E-state index contributed by atoms with van der Waals surface area (Å²) >= 11 is 0. The average molecular weight is 311 g/mol. The van der Waals surface area contributed by atoms with Gasteiger partial charge in [0.1, 0.15) is 0 Å². The summed E-state index contributed by atoms with van der Waals surface area (Å²) in [6.07, 6.45) is 0.918. The number of nitrogens with two attached hydrogens (primary N) is 1. The molecule has 3 aromatic rings. The van der Waals surface area contributed by atoms with E-state index >= 15 is 0 Å². The van der Waals surface area contributed by atoms with E-state index in [9.17, 15) is 0 Å². The van der Waals surface area contributed by atoms with E-state index < -0.39 is 0 Å². The second-order valence-corrected chi connectivity index (χ2v) is 7.28. The molecule has 5 heteroatoms. The van der Waals surface area contributed by atoms with Crippen molar-refractivity contribution < 1.29 is 0 Å². The minimum absolute atomic E-state index is 0.151. The molecule has 23 heavy (non-hydrogen) atoms. The van der Waals surface area contributed by atoms with Gasteiger partial charge in [-0.15, -0.1) is 0 Å². The molecule has 0 amide bonds. The van der Waals surface area contributed by atoms with Crippen LogP contribution >= 0.6 is 0 Å². The predicted molar refractivity (Wildman–Crippen MR) is 97.0 cm³/mol. The number of fused-ring (bicyclic) bond motifs is 3. The van der Waals surface area contributed by atoms with Crippen LogP contribution in [-0.2, 0) is 6.42 Å². The van der Waals surface area contributed by atoms with Crippen LogP contribution in [-0.4, -0.2) is 28.0 Å². The number of nitrogens with zero attached hydrogens (tertiary/aromatic N) is 4. The third-order valence-electron chi connectivity index (χ3n) is 4.08. The molecule has 2 aromatic heterocycles. The maximum absolute atomic E-state index is 6.20. The molecule has 0 radical (unpaired) electrons. The molecule has 5 nitrogen and oxygen atoms in total. The van der Waals surface area contributed by atoms with Crippen LogP contribution in [0.5, 0.6) is 0 Å². The van der Waals surface area contributed by atoms with E-state index in [1.165, 1.54) is 5.69 Å². The first kappa shape index (κ1) is 15.6. The van der Waals surface area contributed by atoms with Crippen molar-refractivity contribution in [1.29, 1.82) is 0 Å². The molecular weight excluding hydrogens is 286 g/mol. The molecule has 0 aliphatic heterocycles. The van der Waals surface area contributed by atoms with Crippen LogP contribution in [0.15, 0.2) is 24.3 Å². The highest BCUT2D eigenvalue weighted by Crippen LogP contribution is 2.32. The lowest BCUT2D eigenvalue weighted by molar-refractivity contribution is 0.406. The van der Waals surface area contributed by atoms with E-state index in [1.54, 1.807) is 0 Å². The lowest BCUT2D eigenvalue weighted by Crippen LogP contribution is -2.20. The number of hydrogen-bond donors (Lipinski definition) is 1. The highest BCUT2D eigenvalue weighted by atomic mass is 15.2. The Morgan fingerprint density at radius 1 is 1.17 bits per heavy atom. The molecule has 0 unspecified atom stereocenters. The fourth-order valence-corrected chi connectivity index (χ4v) is 2.92. The zero-order valence-electron chi connectivity index (χ0n) is 14.6. The maximum atomic E-state index is 6.20. The van der Waals surface area contributed by atoms with E-state index in [4.69, 9.17) is 10.7 Å². The highest BCUT2D eigenvalue weighted by molar-refractivity contribution is 5.84. The number of anilines is 2. The summed E-state index contributed by atoms with van der Waals surface area (Å²) < 4.78 is 2.18. The second kappa shape index (κ2) is 5.41. The largest absolute Gasteiger partial charge is 0.381 e. The van der Waals surface area contributed by atoms with Crippen molar-refractivity contribution in [1.82, 2.24) is 14.4 Å². The first-order valence-electron chi connectivity index (χ1n) is 8.08. The number of benzene rings is 1. The number of rotatable bonds is 3. The van der Waals surface area contributed by atoms with E-state index in [1.807, 2.05) is 18.2 Å². The highest BCUT2D eigenvalue weighted by Gasteiger charge is 2.23. The van der Waals surface area contributed by atoms with Gasteiger partial charge < -0.3 is 10.6 Å². The lowest BCUT2D eigenvalue weighted by atomic mass is 9.90. The van der Waals surface area contributed by atoms with E-state index in [-0.39, 0.29) is 5.41 Å². The van der Waals surface area contributed by atoms with Crippen LogP contribution in [0, 0.1) is 5.41 Å². The zero-order chi connectivity index (χ0) is 16.8. The molecular formula is C18H25N5. The molecule has 0 aliphatic rings. The Morgan fingerprint density at radius 3 is 2.52 bits per heavy atom. The Morgan fingerprint density at radius 2 is 1.87 bits per heavy atom. The van der Waals surface area contributed by atoms with Gasteiger partial charge in [-0.25, -0.2) is 9.97 Å². The average Bonchev–Trinajstić information content (AvgIpc) is 2.85. The summed E-state index contributed by atoms with van der Waals surface area (Å²) in [5, 5.41) is 0. The number of nitrogen functional groups attached to an aromatic ring is 1. The standard InChI is InChI=1S/C18H25N5/c1-6-22(5)16-14(11-18(2,3)4)23-13-10-8-7-9-12(13)20-15(19)17(23)21-16/h7-10H,6,11H2,1-5H3,(H2,19,20). The number of para-hydroxylation sites is 2. The lowest BCUT2D eigenvalue weighted by Gasteiger charge is -2.22. The molecule has 0 aliphatic carbocycles. The minimum Gasteiger partial charge on any atom is -0.381 e. The molecule has 0 saturated carbocycles. The van der Waals surface area contributed by atoms with E-state index in [0.717, 1.165) is 35.5 Å². The normalized spacial score (nSPS) is 12.2. The van der Waals surface area contributed by atoms with Crippen molar-refractivity contribution in [2.24, 2.45) is 5.41 Å². The van der Waals surface area contributed by atoms with Crippen molar-refractivity contribution in [2.45, 2.75) is 34.1 Å². The number of hydrogen-bond acceptors (Lipinski definition) is 4. The van der Waals surface area contributed by atoms with Crippen LogP contribution in [0.1, 0.15) is 33.4 Å². The van der Waals surface area contributed by atoms with Gasteiger partial charge in [0.25, 0.3) is 0 Å². The van der Waals surface area contributed by atoms with Crippen molar-refractivity contribution in [3.05, 3.63) is 30.0 Å². The van der Waals surface area contributed by atoms with Gasteiger partial charge >= 0.3 is 0 Å². The molecule has 3 rings (SSSR count). The summed E-state index contributed by atoms with van der Waals surface area (Å²) in [5.74, 6) is 1.47. The summed E-state index contributed by atoms with van der Waals surface area (Å²) in [5.41, 5.74) is 10.2.